The van der Waals surface area contributed by atoms with Crippen molar-refractivity contribution in [1.29, 1.82) is 5.26 Å². The molecule has 2 aromatic rings. The Morgan fingerprint density at radius 2 is 2.45 bits per heavy atom. The van der Waals surface area contributed by atoms with Crippen molar-refractivity contribution >= 4 is 11.5 Å². The molecule has 0 spiro atoms. The third-order valence-corrected chi connectivity index (χ3v) is 3.38. The fraction of sp³-hybridized carbons (Fsp3) is 0.357. The average molecular weight is 269 g/mol. The van der Waals surface area contributed by atoms with Gasteiger partial charge in [0, 0.05) is 12.8 Å². The summed E-state index contributed by atoms with van der Waals surface area (Å²) in [6, 6.07) is 7.64. The van der Waals surface area contributed by atoms with Crippen molar-refractivity contribution < 1.29 is 4.74 Å². The molecule has 2 N–H and O–H groups in total. The van der Waals surface area contributed by atoms with Crippen LogP contribution in [0.25, 0.3) is 5.65 Å². The predicted octanol–water partition coefficient (Wildman–Crippen LogP) is 0.868. The molecule has 0 unspecified atom stereocenters. The summed E-state index contributed by atoms with van der Waals surface area (Å²) in [6.45, 7) is 1.30. The Labute approximate surface area is 116 Å². The maximum atomic E-state index is 9.28. The Balaban J connectivity index is 2.09. The summed E-state index contributed by atoms with van der Waals surface area (Å²) in [6.07, 6.45) is 3.98. The van der Waals surface area contributed by atoms with Crippen LogP contribution in [-0.2, 0) is 4.74 Å². The minimum Gasteiger partial charge on any atom is -0.384 e. The Kier molecular flexibility index (Phi) is 3.35. The van der Waals surface area contributed by atoms with E-state index in [1.807, 2.05) is 18.2 Å². The first-order valence-electron chi connectivity index (χ1n) is 6.58. The first-order valence-corrected chi connectivity index (χ1v) is 6.58. The van der Waals surface area contributed by atoms with Gasteiger partial charge in [-0.15, -0.1) is 0 Å². The molecule has 0 amide bonds. The number of rotatable bonds is 2. The van der Waals surface area contributed by atoms with Gasteiger partial charge in [-0.05, 0) is 25.0 Å². The molecule has 0 bridgehead atoms. The lowest BCUT2D eigenvalue weighted by Gasteiger charge is -2.07. The molecule has 3 heterocycles. The zero-order valence-electron chi connectivity index (χ0n) is 11.0. The molecule has 0 aromatic carbocycles. The molecule has 6 heteroatoms. The number of hydrogen-bond acceptors (Lipinski definition) is 5. The van der Waals surface area contributed by atoms with E-state index in [1.54, 1.807) is 10.6 Å². The van der Waals surface area contributed by atoms with Gasteiger partial charge in [0.05, 0.1) is 12.6 Å². The summed E-state index contributed by atoms with van der Waals surface area (Å²) in [4.78, 5) is 8.82. The lowest BCUT2D eigenvalue weighted by atomic mass is 10.2. The number of fused-ring (bicyclic) bond motifs is 1. The number of aromatic nitrogens is 2. The Hall–Kier alpha value is -2.39. The van der Waals surface area contributed by atoms with E-state index in [0.717, 1.165) is 19.4 Å². The van der Waals surface area contributed by atoms with E-state index in [-0.39, 0.29) is 6.10 Å². The predicted molar refractivity (Wildman–Crippen MR) is 73.7 cm³/mol. The van der Waals surface area contributed by atoms with Crippen LogP contribution >= 0.6 is 0 Å². The second kappa shape index (κ2) is 5.31. The van der Waals surface area contributed by atoms with Gasteiger partial charge in [0.15, 0.2) is 5.49 Å². The van der Waals surface area contributed by atoms with E-state index >= 15 is 0 Å². The molecule has 0 radical (unpaired) electrons. The molecule has 1 fully saturated rings. The maximum absolute atomic E-state index is 9.28. The van der Waals surface area contributed by atoms with E-state index in [2.05, 4.69) is 16.0 Å². The number of nitrogens with two attached hydrogens (primary N) is 1. The molecule has 1 saturated heterocycles. The molecule has 3 rings (SSSR count). The van der Waals surface area contributed by atoms with Gasteiger partial charge < -0.3 is 10.5 Å². The van der Waals surface area contributed by atoms with Crippen LogP contribution < -0.4 is 11.2 Å². The van der Waals surface area contributed by atoms with Gasteiger partial charge >= 0.3 is 0 Å². The van der Waals surface area contributed by atoms with Crippen LogP contribution in [0.3, 0.4) is 0 Å². The van der Waals surface area contributed by atoms with Gasteiger partial charge in [0.25, 0.3) is 0 Å². The summed E-state index contributed by atoms with van der Waals surface area (Å²) in [5.41, 5.74) is 7.41. The van der Waals surface area contributed by atoms with Crippen LogP contribution in [-0.4, -0.2) is 28.6 Å². The number of pyridine rings is 1. The first kappa shape index (κ1) is 12.6. The highest BCUT2D eigenvalue weighted by Gasteiger charge is 2.15. The molecule has 1 aliphatic heterocycles. The Bertz CT molecular complexity index is 737. The van der Waals surface area contributed by atoms with Gasteiger partial charge in [-0.25, -0.2) is 4.98 Å². The molecule has 0 saturated carbocycles. The highest BCUT2D eigenvalue weighted by Crippen LogP contribution is 2.12. The van der Waals surface area contributed by atoms with E-state index in [4.69, 9.17) is 10.5 Å². The van der Waals surface area contributed by atoms with Crippen LogP contribution in [0.1, 0.15) is 18.4 Å². The molecule has 1 atom stereocenters. The topological polar surface area (TPSA) is 88.7 Å². The standard InChI is InChI=1S/C14H15N5O/c15-8-11-13(16)19-6-2-1-5-12(19)18-14(11)17-9-10-4-3-7-20-10/h1-2,5-6,10H,3-4,7,9,16H2/t10-/m0/s1. The summed E-state index contributed by atoms with van der Waals surface area (Å²) < 4.78 is 7.21. The fourth-order valence-corrected chi connectivity index (χ4v) is 2.33. The smallest absolute Gasteiger partial charge is 0.171 e. The molecular weight excluding hydrogens is 254 g/mol. The largest absolute Gasteiger partial charge is 0.384 e. The number of nitrogens with zero attached hydrogens (tertiary/aromatic N) is 4. The number of anilines is 1. The van der Waals surface area contributed by atoms with Gasteiger partial charge in [-0.2, -0.15) is 5.26 Å². The minimum absolute atomic E-state index is 0.128. The summed E-state index contributed by atoms with van der Waals surface area (Å²) >= 11 is 0. The van der Waals surface area contributed by atoms with E-state index in [0.29, 0.717) is 29.1 Å². The Morgan fingerprint density at radius 1 is 1.55 bits per heavy atom. The molecule has 1 aliphatic rings. The lowest BCUT2D eigenvalue weighted by molar-refractivity contribution is 0.117. The molecule has 20 heavy (non-hydrogen) atoms. The minimum atomic E-state index is 0.128. The van der Waals surface area contributed by atoms with Crippen LogP contribution in [0.5, 0.6) is 0 Å². The van der Waals surface area contributed by atoms with Crippen molar-refractivity contribution in [2.24, 2.45) is 4.99 Å². The maximum Gasteiger partial charge on any atom is 0.171 e. The van der Waals surface area contributed by atoms with Crippen molar-refractivity contribution in [3.63, 3.8) is 0 Å². The van der Waals surface area contributed by atoms with Crippen LogP contribution in [0.2, 0.25) is 0 Å². The van der Waals surface area contributed by atoms with Gasteiger partial charge in [0.1, 0.15) is 23.1 Å². The zero-order valence-corrected chi connectivity index (χ0v) is 11.0. The van der Waals surface area contributed by atoms with Crippen LogP contribution in [0, 0.1) is 11.3 Å². The first-order chi connectivity index (χ1) is 9.79. The molecule has 102 valence electrons. The number of ether oxygens (including phenoxy) is 1. The summed E-state index contributed by atoms with van der Waals surface area (Å²) in [7, 11) is 0. The zero-order chi connectivity index (χ0) is 13.9. The van der Waals surface area contributed by atoms with Crippen molar-refractivity contribution in [2.45, 2.75) is 18.9 Å². The molecule has 6 nitrogen and oxygen atoms in total. The van der Waals surface area contributed by atoms with E-state index in [1.165, 1.54) is 0 Å². The SMILES string of the molecule is N#Cc1c(N)n2ccccc2nc1=NC[C@@H]1CCCO1. The van der Waals surface area contributed by atoms with E-state index < -0.39 is 0 Å². The van der Waals surface area contributed by atoms with Gasteiger partial charge in [-0.3, -0.25) is 9.39 Å². The second-order valence-electron chi connectivity index (χ2n) is 4.71. The Morgan fingerprint density at radius 3 is 3.20 bits per heavy atom. The van der Waals surface area contributed by atoms with Crippen molar-refractivity contribution in [3.05, 3.63) is 35.4 Å². The van der Waals surface area contributed by atoms with Gasteiger partial charge in [0.2, 0.25) is 0 Å². The number of nitrogen functional groups attached to an aromatic ring is 1. The third kappa shape index (κ3) is 2.24. The summed E-state index contributed by atoms with van der Waals surface area (Å²) in [5.74, 6) is 0.365. The fourth-order valence-electron chi connectivity index (χ4n) is 2.33. The van der Waals surface area contributed by atoms with Crippen molar-refractivity contribution in [1.82, 2.24) is 9.38 Å². The average Bonchev–Trinajstić information content (AvgIpc) is 2.99. The van der Waals surface area contributed by atoms with Crippen molar-refractivity contribution in [3.8, 4) is 6.07 Å². The molecule has 0 aliphatic carbocycles. The summed E-state index contributed by atoms with van der Waals surface area (Å²) in [5, 5.41) is 9.28. The molecular formula is C14H15N5O. The normalized spacial score (nSPS) is 19.4. The highest BCUT2D eigenvalue weighted by atomic mass is 16.5. The van der Waals surface area contributed by atoms with Crippen LogP contribution in [0.15, 0.2) is 29.4 Å². The lowest BCUT2D eigenvalue weighted by Crippen LogP contribution is -2.21. The number of nitriles is 1. The van der Waals surface area contributed by atoms with Crippen LogP contribution in [0.4, 0.5) is 5.82 Å². The second-order valence-corrected chi connectivity index (χ2v) is 4.71. The van der Waals surface area contributed by atoms with Crippen molar-refractivity contribution in [2.75, 3.05) is 18.9 Å². The number of hydrogen-bond donors (Lipinski definition) is 1. The van der Waals surface area contributed by atoms with E-state index in [9.17, 15) is 5.26 Å². The quantitative estimate of drug-likeness (QED) is 0.876. The third-order valence-electron chi connectivity index (χ3n) is 3.38. The highest BCUT2D eigenvalue weighted by molar-refractivity contribution is 5.54. The van der Waals surface area contributed by atoms with Gasteiger partial charge in [-0.1, -0.05) is 6.07 Å². The molecule has 2 aromatic heterocycles. The monoisotopic (exact) mass is 269 g/mol.